The largest absolute Gasteiger partial charge is 0.474 e. The molecule has 2 heterocycles. The summed E-state index contributed by atoms with van der Waals surface area (Å²) in [6.07, 6.45) is 1.76. The first-order chi connectivity index (χ1) is 16.6. The SMILES string of the molecule is CCOP(=O)(OCC)OC[C@@H](Cn1cnc2c(NC)ncnc21)CC(F)(F)P(=O)(OCC)OCC. The third-order valence-electron chi connectivity index (χ3n) is 4.67. The number of halogens is 2. The molecule has 2 aromatic heterocycles. The Morgan fingerprint density at radius 2 is 1.57 bits per heavy atom. The van der Waals surface area contributed by atoms with Gasteiger partial charge in [0.15, 0.2) is 11.5 Å². The molecule has 0 aliphatic carbocycles. The van der Waals surface area contributed by atoms with Crippen molar-refractivity contribution in [2.45, 2.75) is 46.3 Å². The van der Waals surface area contributed by atoms with Gasteiger partial charge in [-0.2, -0.15) is 8.78 Å². The van der Waals surface area contributed by atoms with Gasteiger partial charge in [-0.15, -0.1) is 0 Å². The van der Waals surface area contributed by atoms with Crippen LogP contribution in [0.4, 0.5) is 14.6 Å². The van der Waals surface area contributed by atoms with Crippen LogP contribution >= 0.6 is 15.4 Å². The molecule has 0 radical (unpaired) electrons. The normalized spacial score (nSPS) is 13.9. The van der Waals surface area contributed by atoms with Crippen molar-refractivity contribution in [2.75, 3.05) is 45.4 Å². The van der Waals surface area contributed by atoms with Gasteiger partial charge in [0.25, 0.3) is 0 Å². The highest BCUT2D eigenvalue weighted by molar-refractivity contribution is 7.55. The molecule has 12 nitrogen and oxygen atoms in total. The van der Waals surface area contributed by atoms with Gasteiger partial charge in [-0.3, -0.25) is 18.1 Å². The zero-order chi connectivity index (χ0) is 26.1. The zero-order valence-corrected chi connectivity index (χ0v) is 22.3. The third kappa shape index (κ3) is 7.48. The summed E-state index contributed by atoms with van der Waals surface area (Å²) in [5.74, 6) is -0.583. The molecule has 0 bridgehead atoms. The lowest BCUT2D eigenvalue weighted by atomic mass is 10.1. The maximum atomic E-state index is 15.3. The number of nitrogens with zero attached hydrogens (tertiary/aromatic N) is 4. The van der Waals surface area contributed by atoms with Gasteiger partial charge in [0.05, 0.1) is 39.4 Å². The van der Waals surface area contributed by atoms with Crippen LogP contribution in [0.2, 0.25) is 0 Å². The standard InChI is InChI=1S/C19H33F2N5O7P2/c1-6-29-34(27,30-7-2)19(20,21)10-15(12-33-35(28,31-8-3)32-9-4)11-26-14-25-16-17(22-5)23-13-24-18(16)26/h13-15H,6-12H2,1-5H3,(H,22,23,24)/t15-/m1/s1. The highest BCUT2D eigenvalue weighted by Gasteiger charge is 2.54. The first-order valence-electron chi connectivity index (χ1n) is 11.2. The lowest BCUT2D eigenvalue weighted by molar-refractivity contribution is 0.00476. The first-order valence-corrected chi connectivity index (χ1v) is 14.2. The van der Waals surface area contributed by atoms with Crippen molar-refractivity contribution in [2.24, 2.45) is 5.92 Å². The fourth-order valence-corrected chi connectivity index (χ4v) is 6.16. The van der Waals surface area contributed by atoms with Crippen molar-refractivity contribution in [3.8, 4) is 0 Å². The molecule has 1 N–H and O–H groups in total. The number of anilines is 1. The summed E-state index contributed by atoms with van der Waals surface area (Å²) >= 11 is 0. The molecule has 0 fully saturated rings. The molecule has 2 rings (SSSR count). The fourth-order valence-electron chi connectivity index (χ4n) is 3.30. The van der Waals surface area contributed by atoms with Crippen LogP contribution in [-0.2, 0) is 38.3 Å². The first kappa shape index (κ1) is 29.7. The van der Waals surface area contributed by atoms with E-state index in [-0.39, 0.29) is 33.0 Å². The monoisotopic (exact) mass is 543 g/mol. The van der Waals surface area contributed by atoms with Gasteiger partial charge >= 0.3 is 21.1 Å². The van der Waals surface area contributed by atoms with E-state index in [4.69, 9.17) is 22.6 Å². The van der Waals surface area contributed by atoms with Gasteiger partial charge in [0, 0.05) is 25.9 Å². The summed E-state index contributed by atoms with van der Waals surface area (Å²) in [6.45, 7) is 5.11. The summed E-state index contributed by atoms with van der Waals surface area (Å²) in [5.41, 5.74) is -3.05. The average molecular weight is 543 g/mol. The zero-order valence-electron chi connectivity index (χ0n) is 20.5. The predicted octanol–water partition coefficient (Wildman–Crippen LogP) is 4.93. The number of alkyl halides is 2. The second-order valence-electron chi connectivity index (χ2n) is 7.19. The summed E-state index contributed by atoms with van der Waals surface area (Å²) in [6, 6.07) is 0. The lowest BCUT2D eigenvalue weighted by Gasteiger charge is -2.29. The molecule has 0 amide bonds. The number of nitrogens with one attached hydrogen (secondary N) is 1. The Morgan fingerprint density at radius 1 is 0.971 bits per heavy atom. The molecular formula is C19H33F2N5O7P2. The summed E-state index contributed by atoms with van der Waals surface area (Å²) in [4.78, 5) is 12.5. The Balaban J connectivity index is 2.39. The van der Waals surface area contributed by atoms with Crippen molar-refractivity contribution in [3.05, 3.63) is 12.7 Å². The lowest BCUT2D eigenvalue weighted by Crippen LogP contribution is -2.28. The van der Waals surface area contributed by atoms with E-state index >= 15 is 8.78 Å². The second-order valence-corrected chi connectivity index (χ2v) is 11.0. The number of phosphoric acid groups is 1. The number of rotatable bonds is 17. The quantitative estimate of drug-likeness (QED) is 0.272. The highest BCUT2D eigenvalue weighted by atomic mass is 31.2. The molecule has 2 aromatic rings. The minimum atomic E-state index is -4.80. The third-order valence-corrected chi connectivity index (χ3v) is 8.46. The molecule has 35 heavy (non-hydrogen) atoms. The van der Waals surface area contributed by atoms with Crippen molar-refractivity contribution in [1.29, 1.82) is 0 Å². The van der Waals surface area contributed by atoms with E-state index in [1.165, 1.54) is 31.1 Å². The number of hydrogen-bond acceptors (Lipinski definition) is 11. The topological polar surface area (TPSA) is 136 Å². The van der Waals surface area contributed by atoms with Crippen molar-refractivity contribution < 1.29 is 40.5 Å². The highest BCUT2D eigenvalue weighted by Crippen LogP contribution is 2.64. The summed E-state index contributed by atoms with van der Waals surface area (Å²) < 4.78 is 83.2. The fraction of sp³-hybridized carbons (Fsp3) is 0.737. The number of hydrogen-bond donors (Lipinski definition) is 1. The van der Waals surface area contributed by atoms with Crippen LogP contribution in [0.15, 0.2) is 12.7 Å². The van der Waals surface area contributed by atoms with E-state index in [1.807, 2.05) is 0 Å². The van der Waals surface area contributed by atoms with Gasteiger partial charge in [-0.05, 0) is 27.7 Å². The molecule has 0 spiro atoms. The molecule has 0 saturated heterocycles. The van der Waals surface area contributed by atoms with E-state index in [1.54, 1.807) is 20.9 Å². The molecular weight excluding hydrogens is 510 g/mol. The van der Waals surface area contributed by atoms with Crippen LogP contribution in [0, 0.1) is 5.92 Å². The summed E-state index contributed by atoms with van der Waals surface area (Å²) in [7, 11) is -7.13. The van der Waals surface area contributed by atoms with Gasteiger partial charge in [0.1, 0.15) is 11.8 Å². The molecule has 0 aliphatic heterocycles. The van der Waals surface area contributed by atoms with Crippen LogP contribution in [0.25, 0.3) is 11.2 Å². The Labute approximate surface area is 203 Å². The molecule has 200 valence electrons. The van der Waals surface area contributed by atoms with E-state index in [0.717, 1.165) is 0 Å². The van der Waals surface area contributed by atoms with Gasteiger partial charge in [0.2, 0.25) is 0 Å². The molecule has 0 aliphatic rings. The molecule has 0 saturated carbocycles. The molecule has 1 atom stereocenters. The smallest absolute Gasteiger partial charge is 0.371 e. The minimum Gasteiger partial charge on any atom is -0.371 e. The molecule has 0 unspecified atom stereocenters. The van der Waals surface area contributed by atoms with Crippen molar-refractivity contribution >= 4 is 32.4 Å². The van der Waals surface area contributed by atoms with Crippen molar-refractivity contribution in [3.63, 3.8) is 0 Å². The van der Waals surface area contributed by atoms with Crippen LogP contribution in [-0.4, -0.2) is 65.3 Å². The van der Waals surface area contributed by atoms with Crippen LogP contribution in [0.5, 0.6) is 0 Å². The van der Waals surface area contributed by atoms with Gasteiger partial charge < -0.3 is 18.9 Å². The maximum absolute atomic E-state index is 15.3. The predicted molar refractivity (Wildman–Crippen MR) is 126 cm³/mol. The van der Waals surface area contributed by atoms with Crippen LogP contribution in [0.1, 0.15) is 34.1 Å². The van der Waals surface area contributed by atoms with Crippen LogP contribution < -0.4 is 5.32 Å². The molecule has 0 aromatic carbocycles. The van der Waals surface area contributed by atoms with E-state index < -0.39 is 40.0 Å². The second kappa shape index (κ2) is 13.1. The van der Waals surface area contributed by atoms with Crippen molar-refractivity contribution in [1.82, 2.24) is 19.5 Å². The molecule has 16 heteroatoms. The maximum Gasteiger partial charge on any atom is 0.474 e. The van der Waals surface area contributed by atoms with E-state index in [0.29, 0.717) is 17.0 Å². The van der Waals surface area contributed by atoms with E-state index in [9.17, 15) is 9.13 Å². The Morgan fingerprint density at radius 3 is 2.11 bits per heavy atom. The van der Waals surface area contributed by atoms with Crippen LogP contribution in [0.3, 0.4) is 0 Å². The number of imidazole rings is 1. The van der Waals surface area contributed by atoms with Gasteiger partial charge in [-0.25, -0.2) is 19.5 Å². The summed E-state index contributed by atoms with van der Waals surface area (Å²) in [5, 5.41) is 2.88. The minimum absolute atomic E-state index is 0.0257. The Bertz CT molecular complexity index is 1020. The average Bonchev–Trinajstić information content (AvgIpc) is 3.21. The Hall–Kier alpha value is -1.53. The van der Waals surface area contributed by atoms with Gasteiger partial charge in [-0.1, -0.05) is 0 Å². The Kier molecular flexibility index (Phi) is 11.1. The number of fused-ring (bicyclic) bond motifs is 1. The van der Waals surface area contributed by atoms with E-state index in [2.05, 4.69) is 20.3 Å². The number of phosphoric ester groups is 1. The number of aromatic nitrogens is 4.